The molecule has 2 aliphatic heterocycles. The molecule has 2 saturated heterocycles. The number of halogens is 1. The highest BCUT2D eigenvalue weighted by molar-refractivity contribution is 8.15. The average molecular weight is 431 g/mol. The Balaban J connectivity index is 1.79. The summed E-state index contributed by atoms with van der Waals surface area (Å²) in [4.78, 5) is 28.7. The standard InChI is InChI=1S/C17H19ClN2O5S2/c18-12-5-2-1-4-11(12)8-20-13-9-27(24,25)10-14(13)26-17(20)19-15(21)6-3-7-16(22)23/h1-2,4-5,13-14H,3,6-10H2,(H,22,23). The number of carbonyl (C=O) groups is 2. The zero-order valence-corrected chi connectivity index (χ0v) is 16.8. The first-order chi connectivity index (χ1) is 12.7. The van der Waals surface area contributed by atoms with E-state index in [4.69, 9.17) is 16.7 Å². The fourth-order valence-corrected chi connectivity index (χ4v) is 7.35. The van der Waals surface area contributed by atoms with Crippen LogP contribution in [0.2, 0.25) is 5.02 Å². The van der Waals surface area contributed by atoms with Crippen molar-refractivity contribution in [2.45, 2.75) is 37.1 Å². The average Bonchev–Trinajstić information content (AvgIpc) is 3.01. The van der Waals surface area contributed by atoms with Crippen LogP contribution in [0.1, 0.15) is 24.8 Å². The van der Waals surface area contributed by atoms with Gasteiger partial charge in [-0.1, -0.05) is 41.6 Å². The minimum Gasteiger partial charge on any atom is -0.481 e. The van der Waals surface area contributed by atoms with Gasteiger partial charge in [-0.3, -0.25) is 9.59 Å². The molecule has 1 amide bonds. The van der Waals surface area contributed by atoms with E-state index in [1.165, 1.54) is 11.8 Å². The van der Waals surface area contributed by atoms with Gasteiger partial charge in [-0.25, -0.2) is 8.42 Å². The summed E-state index contributed by atoms with van der Waals surface area (Å²) >= 11 is 7.54. The van der Waals surface area contributed by atoms with Crippen LogP contribution in [0, 0.1) is 0 Å². The Morgan fingerprint density at radius 2 is 2.00 bits per heavy atom. The number of amidine groups is 1. The number of rotatable bonds is 6. The van der Waals surface area contributed by atoms with E-state index in [0.29, 0.717) is 16.7 Å². The highest BCUT2D eigenvalue weighted by atomic mass is 35.5. The van der Waals surface area contributed by atoms with Crippen molar-refractivity contribution in [3.8, 4) is 0 Å². The topological polar surface area (TPSA) is 104 Å². The van der Waals surface area contributed by atoms with Crippen molar-refractivity contribution in [3.63, 3.8) is 0 Å². The minimum atomic E-state index is -3.12. The summed E-state index contributed by atoms with van der Waals surface area (Å²) in [7, 11) is -3.12. The minimum absolute atomic E-state index is 0.0291. The van der Waals surface area contributed by atoms with E-state index in [0.717, 1.165) is 5.56 Å². The number of amides is 1. The lowest BCUT2D eigenvalue weighted by atomic mass is 10.1. The smallest absolute Gasteiger partial charge is 0.303 e. The van der Waals surface area contributed by atoms with E-state index in [1.54, 1.807) is 6.07 Å². The number of carboxylic acids is 1. The van der Waals surface area contributed by atoms with Crippen molar-refractivity contribution in [2.24, 2.45) is 4.99 Å². The van der Waals surface area contributed by atoms with Gasteiger partial charge in [0.05, 0.1) is 17.5 Å². The molecule has 27 heavy (non-hydrogen) atoms. The number of carbonyl (C=O) groups excluding carboxylic acids is 1. The van der Waals surface area contributed by atoms with Gasteiger partial charge in [-0.15, -0.1) is 0 Å². The van der Waals surface area contributed by atoms with Crippen LogP contribution in [0.25, 0.3) is 0 Å². The SMILES string of the molecule is O=C(O)CCCC(=O)N=C1SC2CS(=O)(=O)CC2N1Cc1ccccc1Cl. The quantitative estimate of drug-likeness (QED) is 0.737. The van der Waals surface area contributed by atoms with Gasteiger partial charge in [0.25, 0.3) is 0 Å². The molecule has 0 aliphatic carbocycles. The van der Waals surface area contributed by atoms with Crippen molar-refractivity contribution in [2.75, 3.05) is 11.5 Å². The van der Waals surface area contributed by atoms with Crippen molar-refractivity contribution in [3.05, 3.63) is 34.9 Å². The molecule has 2 atom stereocenters. The molecule has 2 fully saturated rings. The largest absolute Gasteiger partial charge is 0.481 e. The summed E-state index contributed by atoms with van der Waals surface area (Å²) in [5, 5.41) is 9.56. The molecule has 7 nitrogen and oxygen atoms in total. The number of hydrogen-bond acceptors (Lipinski definition) is 5. The van der Waals surface area contributed by atoms with Gasteiger partial charge in [0.1, 0.15) is 0 Å². The van der Waals surface area contributed by atoms with Crippen LogP contribution in [0.15, 0.2) is 29.3 Å². The molecule has 1 N–H and O–H groups in total. The van der Waals surface area contributed by atoms with Gasteiger partial charge >= 0.3 is 5.97 Å². The Morgan fingerprint density at radius 1 is 1.26 bits per heavy atom. The van der Waals surface area contributed by atoms with Gasteiger partial charge in [0, 0.05) is 29.7 Å². The number of benzene rings is 1. The molecular weight excluding hydrogens is 412 g/mol. The maximum Gasteiger partial charge on any atom is 0.303 e. The number of thioether (sulfide) groups is 1. The molecule has 0 radical (unpaired) electrons. The third-order valence-corrected chi connectivity index (χ3v) is 8.09. The fourth-order valence-electron chi connectivity index (χ4n) is 3.18. The van der Waals surface area contributed by atoms with Crippen molar-refractivity contribution >= 4 is 50.2 Å². The number of fused-ring (bicyclic) bond motifs is 1. The summed E-state index contributed by atoms with van der Waals surface area (Å²) in [5.74, 6) is -1.26. The summed E-state index contributed by atoms with van der Waals surface area (Å²) in [6.45, 7) is 0.366. The number of hydrogen-bond donors (Lipinski definition) is 1. The lowest BCUT2D eigenvalue weighted by Gasteiger charge is -2.25. The van der Waals surface area contributed by atoms with Crippen molar-refractivity contribution in [1.82, 2.24) is 4.90 Å². The molecule has 0 saturated carbocycles. The van der Waals surface area contributed by atoms with Gasteiger partial charge in [0.2, 0.25) is 5.91 Å². The Morgan fingerprint density at radius 3 is 2.70 bits per heavy atom. The van der Waals surface area contributed by atoms with Crippen LogP contribution in [-0.2, 0) is 26.0 Å². The Bertz CT molecular complexity index is 887. The number of aliphatic imine (C=N–C) groups is 1. The van der Waals surface area contributed by atoms with E-state index in [1.807, 2.05) is 23.1 Å². The van der Waals surface area contributed by atoms with E-state index >= 15 is 0 Å². The van der Waals surface area contributed by atoms with Crippen molar-refractivity contribution in [1.29, 1.82) is 0 Å². The normalized spacial score (nSPS) is 24.9. The molecule has 2 unspecified atom stereocenters. The first-order valence-electron chi connectivity index (χ1n) is 8.45. The lowest BCUT2D eigenvalue weighted by molar-refractivity contribution is -0.137. The molecule has 146 valence electrons. The molecule has 3 rings (SSSR count). The van der Waals surface area contributed by atoms with Gasteiger partial charge in [0.15, 0.2) is 15.0 Å². The first-order valence-corrected chi connectivity index (χ1v) is 11.5. The number of nitrogens with zero attached hydrogens (tertiary/aromatic N) is 2. The zero-order valence-electron chi connectivity index (χ0n) is 14.4. The predicted molar refractivity (Wildman–Crippen MR) is 105 cm³/mol. The second-order valence-corrected chi connectivity index (χ2v) is 10.3. The van der Waals surface area contributed by atoms with Crippen LogP contribution in [0.3, 0.4) is 0 Å². The first kappa shape index (κ1) is 20.2. The summed E-state index contributed by atoms with van der Waals surface area (Å²) in [6.07, 6.45) is 0.182. The van der Waals surface area contributed by atoms with E-state index in [-0.39, 0.29) is 42.1 Å². The van der Waals surface area contributed by atoms with Crippen LogP contribution in [0.5, 0.6) is 0 Å². The van der Waals surface area contributed by atoms with Gasteiger partial charge in [-0.2, -0.15) is 4.99 Å². The molecular formula is C17H19ClN2O5S2. The predicted octanol–water partition coefficient (Wildman–Crippen LogP) is 2.19. The van der Waals surface area contributed by atoms with E-state index in [9.17, 15) is 18.0 Å². The molecule has 0 spiro atoms. The monoisotopic (exact) mass is 430 g/mol. The Kier molecular flexibility index (Phi) is 6.12. The fraction of sp³-hybridized carbons (Fsp3) is 0.471. The van der Waals surface area contributed by atoms with E-state index < -0.39 is 21.7 Å². The summed E-state index contributed by atoms with van der Waals surface area (Å²) in [6, 6.07) is 7.03. The second-order valence-electron chi connectivity index (χ2n) is 6.56. The molecule has 1 aromatic carbocycles. The molecule has 1 aromatic rings. The highest BCUT2D eigenvalue weighted by Gasteiger charge is 2.48. The van der Waals surface area contributed by atoms with Crippen LogP contribution in [0.4, 0.5) is 0 Å². The number of sulfone groups is 1. The lowest BCUT2D eigenvalue weighted by Crippen LogP contribution is -2.37. The Hall–Kier alpha value is -1.58. The van der Waals surface area contributed by atoms with E-state index in [2.05, 4.69) is 4.99 Å². The molecule has 0 bridgehead atoms. The summed E-state index contributed by atoms with van der Waals surface area (Å²) in [5.41, 5.74) is 0.829. The molecule has 2 aliphatic rings. The third kappa shape index (κ3) is 5.03. The molecule has 10 heteroatoms. The van der Waals surface area contributed by atoms with Gasteiger partial charge in [-0.05, 0) is 18.1 Å². The van der Waals surface area contributed by atoms with Crippen LogP contribution in [-0.4, -0.2) is 58.3 Å². The molecule has 2 heterocycles. The number of carboxylic acid groups (broad SMARTS) is 1. The zero-order chi connectivity index (χ0) is 19.6. The van der Waals surface area contributed by atoms with Crippen LogP contribution < -0.4 is 0 Å². The molecule has 0 aromatic heterocycles. The van der Waals surface area contributed by atoms with Crippen LogP contribution >= 0.6 is 23.4 Å². The van der Waals surface area contributed by atoms with Crippen molar-refractivity contribution < 1.29 is 23.1 Å². The third-order valence-electron chi connectivity index (χ3n) is 4.48. The maximum absolute atomic E-state index is 12.1. The maximum atomic E-state index is 12.1. The number of aliphatic carboxylic acids is 1. The summed E-state index contributed by atoms with van der Waals surface area (Å²) < 4.78 is 24.0. The second kappa shape index (κ2) is 8.20. The van der Waals surface area contributed by atoms with Gasteiger partial charge < -0.3 is 10.0 Å². The Labute approximate surface area is 166 Å². The highest BCUT2D eigenvalue weighted by Crippen LogP contribution is 2.39.